The zero-order valence-electron chi connectivity index (χ0n) is 22.3. The van der Waals surface area contributed by atoms with E-state index in [0.29, 0.717) is 6.42 Å². The van der Waals surface area contributed by atoms with Crippen molar-refractivity contribution in [3.8, 4) is 0 Å². The van der Waals surface area contributed by atoms with Crippen LogP contribution in [-0.4, -0.2) is 16.8 Å². The second-order valence-electron chi connectivity index (χ2n) is 6.04. The second-order valence-corrected chi connectivity index (χ2v) is 6.04. The summed E-state index contributed by atoms with van der Waals surface area (Å²) in [5.74, 6) is 0.131. The topological polar surface area (TPSA) is 20.3 Å². The van der Waals surface area contributed by atoms with Crippen LogP contribution in [0.1, 0.15) is 80.7 Å². The summed E-state index contributed by atoms with van der Waals surface area (Å²) in [6.45, 7) is 25.5. The maximum atomic E-state index is 11.7. The van der Waals surface area contributed by atoms with Crippen LogP contribution >= 0.6 is 0 Å². The molecule has 32 heavy (non-hydrogen) atoms. The molecule has 2 rings (SSSR count). The molecular formula is C30H49NO. The number of carbonyl (C=O) groups is 1. The fourth-order valence-electron chi connectivity index (χ4n) is 2.90. The maximum Gasteiger partial charge on any atom is 0.230 e. The van der Waals surface area contributed by atoms with Crippen molar-refractivity contribution in [1.82, 2.24) is 4.90 Å². The van der Waals surface area contributed by atoms with Gasteiger partial charge in [-0.25, -0.2) is 0 Å². The minimum absolute atomic E-state index is 0.131. The Bertz CT molecular complexity index is 680. The third kappa shape index (κ3) is 12.9. The lowest BCUT2D eigenvalue weighted by Gasteiger charge is -2.41. The average Bonchev–Trinajstić information content (AvgIpc) is 2.86. The van der Waals surface area contributed by atoms with Crippen LogP contribution in [0.5, 0.6) is 0 Å². The van der Waals surface area contributed by atoms with Gasteiger partial charge in [-0.3, -0.25) is 4.79 Å². The molecule has 0 bridgehead atoms. The highest BCUT2D eigenvalue weighted by molar-refractivity contribution is 5.87. The number of carbonyl (C=O) groups excluding carboxylic acids is 1. The van der Waals surface area contributed by atoms with Crippen LogP contribution in [0.3, 0.4) is 0 Å². The maximum absolute atomic E-state index is 11.7. The molecule has 0 N–H and O–H groups in total. The summed E-state index contributed by atoms with van der Waals surface area (Å²) in [5, 5.41) is 0. The average molecular weight is 440 g/mol. The smallest absolute Gasteiger partial charge is 0.230 e. The molecule has 1 aromatic carbocycles. The highest BCUT2D eigenvalue weighted by atomic mass is 16.2. The van der Waals surface area contributed by atoms with E-state index in [-0.39, 0.29) is 11.9 Å². The first kappa shape index (κ1) is 34.0. The van der Waals surface area contributed by atoms with Gasteiger partial charge in [-0.1, -0.05) is 123 Å². The summed E-state index contributed by atoms with van der Waals surface area (Å²) in [6, 6.07) is 10.7. The minimum atomic E-state index is 0.131. The number of hydrogen-bond donors (Lipinski definition) is 0. The zero-order valence-corrected chi connectivity index (χ0v) is 22.3. The van der Waals surface area contributed by atoms with Crippen molar-refractivity contribution in [3.63, 3.8) is 0 Å². The minimum Gasteiger partial charge on any atom is -0.304 e. The molecule has 0 saturated carbocycles. The molecule has 180 valence electrons. The lowest BCUT2D eigenvalue weighted by Crippen LogP contribution is -2.52. The first-order valence-corrected chi connectivity index (χ1v) is 12.2. The molecular weight excluding hydrogens is 390 g/mol. The molecule has 2 heteroatoms. The summed E-state index contributed by atoms with van der Waals surface area (Å²) in [6.07, 6.45) is 14.2. The number of β-lactam (4-membered cyclic amide) rings is 1. The number of benzene rings is 1. The summed E-state index contributed by atoms with van der Waals surface area (Å²) >= 11 is 0. The monoisotopic (exact) mass is 439 g/mol. The Kier molecular flexibility index (Phi) is 26.2. The van der Waals surface area contributed by atoms with Crippen LogP contribution in [-0.2, 0) is 11.2 Å². The van der Waals surface area contributed by atoms with E-state index < -0.39 is 0 Å². The molecule has 0 aliphatic carbocycles. The number of amides is 1. The molecule has 1 atom stereocenters. The van der Waals surface area contributed by atoms with Crippen molar-refractivity contribution in [2.24, 2.45) is 0 Å². The van der Waals surface area contributed by atoms with Crippen molar-refractivity contribution in [1.29, 1.82) is 0 Å². The normalized spacial score (nSPS) is 14.7. The predicted octanol–water partition coefficient (Wildman–Crippen LogP) is 9.08. The molecule has 0 unspecified atom stereocenters. The third-order valence-corrected chi connectivity index (χ3v) is 4.18. The SMILES string of the molecule is C=C/C=C(\C=C)N1C(=O)C[C@H]1C(/C=C\C)=C/C.CC.CC.CC.CCCc1ccccc1. The van der Waals surface area contributed by atoms with Gasteiger partial charge in [0.2, 0.25) is 5.91 Å². The van der Waals surface area contributed by atoms with Crippen molar-refractivity contribution >= 4 is 5.91 Å². The Hall–Kier alpha value is -2.61. The first-order valence-electron chi connectivity index (χ1n) is 12.2. The number of allylic oxidation sites excluding steroid dienone is 5. The van der Waals surface area contributed by atoms with Crippen molar-refractivity contribution in [2.75, 3.05) is 0 Å². The molecule has 0 spiro atoms. The molecule has 1 amide bonds. The van der Waals surface area contributed by atoms with Gasteiger partial charge in [0.25, 0.3) is 0 Å². The lowest BCUT2D eigenvalue weighted by molar-refractivity contribution is -0.140. The predicted molar refractivity (Wildman–Crippen MR) is 147 cm³/mol. The number of nitrogens with zero attached hydrogens (tertiary/aromatic N) is 1. The Balaban J connectivity index is -0.000000471. The molecule has 1 saturated heterocycles. The number of aryl methyl sites for hydroxylation is 1. The van der Waals surface area contributed by atoms with E-state index in [0.717, 1.165) is 11.3 Å². The van der Waals surface area contributed by atoms with Gasteiger partial charge in [0.1, 0.15) is 0 Å². The second kappa shape index (κ2) is 24.7. The largest absolute Gasteiger partial charge is 0.304 e. The van der Waals surface area contributed by atoms with E-state index in [2.05, 4.69) is 50.4 Å². The highest BCUT2D eigenvalue weighted by Gasteiger charge is 2.38. The Morgan fingerprint density at radius 1 is 1.03 bits per heavy atom. The Labute approximate surface area is 200 Å². The van der Waals surface area contributed by atoms with Gasteiger partial charge in [-0.15, -0.1) is 0 Å². The van der Waals surface area contributed by atoms with Crippen LogP contribution < -0.4 is 0 Å². The molecule has 0 radical (unpaired) electrons. The van der Waals surface area contributed by atoms with Crippen LogP contribution in [0, 0.1) is 0 Å². The summed E-state index contributed by atoms with van der Waals surface area (Å²) in [5.41, 5.74) is 3.41. The summed E-state index contributed by atoms with van der Waals surface area (Å²) in [7, 11) is 0. The van der Waals surface area contributed by atoms with Gasteiger partial charge >= 0.3 is 0 Å². The summed E-state index contributed by atoms with van der Waals surface area (Å²) in [4.78, 5) is 13.5. The van der Waals surface area contributed by atoms with E-state index in [4.69, 9.17) is 0 Å². The number of likely N-dealkylation sites (tertiary alicyclic amines) is 1. The highest BCUT2D eigenvalue weighted by Crippen LogP contribution is 2.31. The van der Waals surface area contributed by atoms with Gasteiger partial charge in [-0.05, 0) is 43.6 Å². The van der Waals surface area contributed by atoms with Gasteiger partial charge in [0, 0.05) is 5.70 Å². The van der Waals surface area contributed by atoms with Crippen LogP contribution in [0.25, 0.3) is 0 Å². The van der Waals surface area contributed by atoms with E-state index in [1.807, 2.05) is 73.6 Å². The molecule has 2 nitrogen and oxygen atoms in total. The van der Waals surface area contributed by atoms with Crippen molar-refractivity contribution < 1.29 is 4.79 Å². The Morgan fingerprint density at radius 2 is 1.59 bits per heavy atom. The fraction of sp³-hybridized carbons (Fsp3) is 0.433. The van der Waals surface area contributed by atoms with E-state index in [1.54, 1.807) is 23.1 Å². The zero-order chi connectivity index (χ0) is 25.4. The van der Waals surface area contributed by atoms with E-state index in [9.17, 15) is 4.79 Å². The molecule has 1 aliphatic heterocycles. The summed E-state index contributed by atoms with van der Waals surface area (Å²) < 4.78 is 0. The van der Waals surface area contributed by atoms with Gasteiger partial charge < -0.3 is 4.90 Å². The number of hydrogen-bond acceptors (Lipinski definition) is 1. The molecule has 1 heterocycles. The van der Waals surface area contributed by atoms with Gasteiger partial charge in [0.15, 0.2) is 0 Å². The van der Waals surface area contributed by atoms with Crippen molar-refractivity contribution in [2.45, 2.75) is 87.6 Å². The van der Waals surface area contributed by atoms with Crippen LogP contribution in [0.2, 0.25) is 0 Å². The van der Waals surface area contributed by atoms with Gasteiger partial charge in [-0.2, -0.15) is 0 Å². The number of rotatable bonds is 7. The van der Waals surface area contributed by atoms with Gasteiger partial charge in [0.05, 0.1) is 12.5 Å². The Morgan fingerprint density at radius 3 is 1.97 bits per heavy atom. The molecule has 1 aromatic rings. The molecule has 0 aromatic heterocycles. The fourth-order valence-corrected chi connectivity index (χ4v) is 2.90. The van der Waals surface area contributed by atoms with E-state index >= 15 is 0 Å². The lowest BCUT2D eigenvalue weighted by atomic mass is 9.92. The van der Waals surface area contributed by atoms with Crippen LogP contribution in [0.15, 0.2) is 91.2 Å². The third-order valence-electron chi connectivity index (χ3n) is 4.18. The molecule has 1 aliphatic rings. The standard InChI is InChI=1S/C15H19NO.C9H12.3C2H6/c1-5-9-12(7-3)14-11-15(17)16(14)13(8-4)10-6-2;1-2-6-9-7-4-3-5-8-9;3*1-2/h5-10,14H,2,4,11H2,1,3H3;3-5,7-8H,2,6H2,1H3;3*1-2H3/b9-5-,12-7+,13-10+;;;;/t14-;;;;/m0..../s1. The van der Waals surface area contributed by atoms with Crippen molar-refractivity contribution in [3.05, 3.63) is 96.8 Å². The quantitative estimate of drug-likeness (QED) is 0.306. The first-order chi connectivity index (χ1) is 15.6. The van der Waals surface area contributed by atoms with E-state index in [1.165, 1.54) is 18.4 Å². The van der Waals surface area contributed by atoms with Crippen LogP contribution in [0.4, 0.5) is 0 Å². The molecule has 1 fully saturated rings.